The number of rotatable bonds is 4. The van der Waals surface area contributed by atoms with Crippen LogP contribution < -0.4 is 5.48 Å². The fourth-order valence-electron chi connectivity index (χ4n) is 2.05. The Kier molecular flexibility index (Phi) is 4.70. The number of carbonyl (C=O) groups is 1. The summed E-state index contributed by atoms with van der Waals surface area (Å²) >= 11 is 0. The second kappa shape index (κ2) is 6.10. The van der Waals surface area contributed by atoms with Gasteiger partial charge in [-0.25, -0.2) is 18.7 Å². The molecule has 2 amide bonds. The van der Waals surface area contributed by atoms with Crippen molar-refractivity contribution >= 4 is 15.9 Å². The molecular weight excluding hydrogens is 320 g/mol. The molecule has 0 bridgehead atoms. The van der Waals surface area contributed by atoms with Gasteiger partial charge in [-0.05, 0) is 38.5 Å². The van der Waals surface area contributed by atoms with Gasteiger partial charge in [0, 0.05) is 12.8 Å². The lowest BCUT2D eigenvalue weighted by molar-refractivity contribution is -0.0558. The van der Waals surface area contributed by atoms with Gasteiger partial charge in [-0.15, -0.1) is 0 Å². The molecule has 2 rings (SSSR count). The number of nitrogens with one attached hydrogen (secondary N) is 1. The lowest BCUT2D eigenvalue weighted by atomic mass is 10.1. The second-order valence-corrected chi connectivity index (χ2v) is 8.64. The van der Waals surface area contributed by atoms with Crippen molar-refractivity contribution in [2.24, 2.45) is 0 Å². The lowest BCUT2D eigenvalue weighted by Gasteiger charge is -2.19. The fraction of sp³-hybridized carbons (Fsp3) is 0.533. The van der Waals surface area contributed by atoms with E-state index in [1.807, 2.05) is 20.8 Å². The van der Waals surface area contributed by atoms with Crippen LogP contribution in [0.4, 0.5) is 4.79 Å². The number of nitrogens with zero attached hydrogens (tertiary/aromatic N) is 1. The number of amides is 2. The first-order valence-electron chi connectivity index (χ1n) is 7.22. The normalized spacial score (nSPS) is 19.3. The van der Waals surface area contributed by atoms with Crippen LogP contribution in [0.2, 0.25) is 0 Å². The van der Waals surface area contributed by atoms with Crippen molar-refractivity contribution in [3.05, 3.63) is 29.8 Å². The van der Waals surface area contributed by atoms with E-state index in [4.69, 9.17) is 4.84 Å². The highest BCUT2D eigenvalue weighted by Crippen LogP contribution is 2.31. The molecule has 0 aliphatic carbocycles. The van der Waals surface area contributed by atoms with Gasteiger partial charge < -0.3 is 10.0 Å². The molecule has 0 aromatic heterocycles. The van der Waals surface area contributed by atoms with Gasteiger partial charge in [-0.2, -0.15) is 0 Å². The van der Waals surface area contributed by atoms with Crippen LogP contribution in [0.3, 0.4) is 0 Å². The van der Waals surface area contributed by atoms with Crippen LogP contribution in [-0.4, -0.2) is 48.9 Å². The largest absolute Gasteiger partial charge is 0.386 e. The molecular formula is C15H22N2O5S. The van der Waals surface area contributed by atoms with Crippen LogP contribution in [0.1, 0.15) is 32.4 Å². The number of aliphatic hydroxyl groups excluding tert-OH is 1. The highest BCUT2D eigenvalue weighted by molar-refractivity contribution is 7.90. The van der Waals surface area contributed by atoms with Crippen molar-refractivity contribution in [1.29, 1.82) is 0 Å². The van der Waals surface area contributed by atoms with E-state index < -0.39 is 27.6 Å². The molecule has 1 unspecified atom stereocenters. The van der Waals surface area contributed by atoms with Crippen molar-refractivity contribution in [2.75, 3.05) is 12.8 Å². The van der Waals surface area contributed by atoms with Crippen molar-refractivity contribution in [2.45, 2.75) is 43.4 Å². The molecule has 2 N–H and O–H groups in total. The van der Waals surface area contributed by atoms with Crippen molar-refractivity contribution in [3.63, 3.8) is 0 Å². The second-order valence-electron chi connectivity index (χ2n) is 6.63. The maximum absolute atomic E-state index is 11.9. The maximum Gasteiger partial charge on any atom is 0.341 e. The van der Waals surface area contributed by atoms with Crippen LogP contribution in [0, 0.1) is 0 Å². The summed E-state index contributed by atoms with van der Waals surface area (Å²) in [5, 5.41) is 10.3. The molecule has 128 valence electrons. The number of hydrogen-bond donors (Lipinski definition) is 2. The quantitative estimate of drug-likeness (QED) is 0.634. The summed E-state index contributed by atoms with van der Waals surface area (Å²) in [6, 6.07) is 5.26. The van der Waals surface area contributed by atoms with Crippen LogP contribution in [0.15, 0.2) is 29.2 Å². The zero-order valence-electron chi connectivity index (χ0n) is 13.6. The molecule has 1 heterocycles. The molecule has 1 aromatic carbocycles. The minimum atomic E-state index is -3.27. The van der Waals surface area contributed by atoms with Gasteiger partial charge in [0.15, 0.2) is 9.84 Å². The summed E-state index contributed by atoms with van der Waals surface area (Å²) in [6.07, 6.45) is 0.254. The Labute approximate surface area is 136 Å². The van der Waals surface area contributed by atoms with E-state index in [0.717, 1.165) is 6.26 Å². The summed E-state index contributed by atoms with van der Waals surface area (Å²) in [6.45, 7) is 5.84. The third-order valence-electron chi connectivity index (χ3n) is 3.37. The smallest absolute Gasteiger partial charge is 0.341 e. The van der Waals surface area contributed by atoms with E-state index in [1.165, 1.54) is 17.0 Å². The van der Waals surface area contributed by atoms with E-state index in [0.29, 0.717) is 12.1 Å². The molecule has 1 aromatic rings. The Balaban J connectivity index is 1.95. The minimum Gasteiger partial charge on any atom is -0.386 e. The third kappa shape index (κ3) is 4.66. The first kappa shape index (κ1) is 17.7. The third-order valence-corrected chi connectivity index (χ3v) is 4.50. The Hall–Kier alpha value is -1.64. The standard InChI is InChI=1S/C15H22N2O5S/c1-15(2,3)22-16-14(19)17-9-12(17)13(18)10-5-7-11(8-6-10)23(4,20)21/h5-8,12-13,18H,9H2,1-4H3,(H,16,19)/t12?,13-,17?/m1/s1. The Morgan fingerprint density at radius 3 is 2.39 bits per heavy atom. The van der Waals surface area contributed by atoms with E-state index in [2.05, 4.69) is 5.48 Å². The molecule has 0 radical (unpaired) electrons. The average Bonchev–Trinajstić information content (AvgIpc) is 3.23. The minimum absolute atomic E-state index is 0.192. The van der Waals surface area contributed by atoms with Crippen LogP contribution in [-0.2, 0) is 14.7 Å². The number of carbonyl (C=O) groups excluding carboxylic acids is 1. The molecule has 0 spiro atoms. The monoisotopic (exact) mass is 342 g/mol. The molecule has 23 heavy (non-hydrogen) atoms. The zero-order valence-corrected chi connectivity index (χ0v) is 14.4. The first-order chi connectivity index (χ1) is 10.5. The number of urea groups is 1. The molecule has 1 aliphatic heterocycles. The molecule has 2 atom stereocenters. The maximum atomic E-state index is 11.9. The van der Waals surface area contributed by atoms with Gasteiger partial charge in [-0.1, -0.05) is 12.1 Å². The van der Waals surface area contributed by atoms with E-state index >= 15 is 0 Å². The Bertz CT molecular complexity index is 679. The van der Waals surface area contributed by atoms with Gasteiger partial charge >= 0.3 is 6.03 Å². The highest BCUT2D eigenvalue weighted by Gasteiger charge is 2.44. The van der Waals surface area contributed by atoms with Crippen molar-refractivity contribution in [1.82, 2.24) is 10.4 Å². The summed E-state index contributed by atoms with van der Waals surface area (Å²) < 4.78 is 22.8. The lowest BCUT2D eigenvalue weighted by Crippen LogP contribution is -2.37. The highest BCUT2D eigenvalue weighted by atomic mass is 32.2. The number of benzene rings is 1. The SMILES string of the molecule is CC(C)(C)ONC(=O)N1CC1[C@H](O)c1ccc(S(C)(=O)=O)cc1. The number of hydroxylamine groups is 1. The van der Waals surface area contributed by atoms with Gasteiger partial charge in [0.2, 0.25) is 0 Å². The Morgan fingerprint density at radius 1 is 1.35 bits per heavy atom. The van der Waals surface area contributed by atoms with Crippen LogP contribution in [0.25, 0.3) is 0 Å². The van der Waals surface area contributed by atoms with Crippen molar-refractivity contribution < 1.29 is 23.2 Å². The van der Waals surface area contributed by atoms with E-state index in [9.17, 15) is 18.3 Å². The molecule has 8 heteroatoms. The van der Waals surface area contributed by atoms with Crippen LogP contribution in [0.5, 0.6) is 0 Å². The summed E-state index contributed by atoms with van der Waals surface area (Å²) in [7, 11) is -3.27. The number of sulfone groups is 1. The summed E-state index contributed by atoms with van der Waals surface area (Å²) in [4.78, 5) is 18.7. The molecule has 1 saturated heterocycles. The number of hydrogen-bond acceptors (Lipinski definition) is 5. The van der Waals surface area contributed by atoms with Gasteiger partial charge in [0.05, 0.1) is 16.5 Å². The summed E-state index contributed by atoms with van der Waals surface area (Å²) in [5.74, 6) is 0. The van der Waals surface area contributed by atoms with Crippen molar-refractivity contribution in [3.8, 4) is 0 Å². The van der Waals surface area contributed by atoms with Gasteiger partial charge in [0.1, 0.15) is 6.10 Å². The fourth-order valence-corrected chi connectivity index (χ4v) is 2.68. The van der Waals surface area contributed by atoms with E-state index in [1.54, 1.807) is 12.1 Å². The van der Waals surface area contributed by atoms with Gasteiger partial charge in [-0.3, -0.25) is 4.84 Å². The Morgan fingerprint density at radius 2 is 1.91 bits per heavy atom. The first-order valence-corrected chi connectivity index (χ1v) is 9.11. The molecule has 0 saturated carbocycles. The topological polar surface area (TPSA) is 95.7 Å². The molecule has 1 aliphatic rings. The zero-order chi connectivity index (χ0) is 17.4. The predicted molar refractivity (Wildman–Crippen MR) is 84.4 cm³/mol. The molecule has 1 fully saturated rings. The average molecular weight is 342 g/mol. The predicted octanol–water partition coefficient (Wildman–Crippen LogP) is 1.25. The van der Waals surface area contributed by atoms with Crippen LogP contribution >= 0.6 is 0 Å². The number of aliphatic hydroxyl groups is 1. The summed E-state index contributed by atoms with van der Waals surface area (Å²) in [5.41, 5.74) is 2.41. The van der Waals surface area contributed by atoms with E-state index in [-0.39, 0.29) is 10.9 Å². The van der Waals surface area contributed by atoms with Gasteiger partial charge in [0.25, 0.3) is 0 Å². The molecule has 7 nitrogen and oxygen atoms in total.